The Morgan fingerprint density at radius 3 is 2.74 bits per heavy atom. The number of carbonyl (C=O) groups is 1. The summed E-state index contributed by atoms with van der Waals surface area (Å²) in [5.41, 5.74) is 7.75. The number of pyridine rings is 2. The number of hydrogen-bond acceptors (Lipinski definition) is 4. The minimum atomic E-state index is -0.212. The first-order valence-electron chi connectivity index (χ1n) is 5.86. The summed E-state index contributed by atoms with van der Waals surface area (Å²) in [6, 6.07) is 12.8. The fourth-order valence-electron chi connectivity index (χ4n) is 1.94. The minimum Gasteiger partial charge on any atom is -0.397 e. The fraction of sp³-hybridized carbons (Fsp3) is 0. The molecule has 19 heavy (non-hydrogen) atoms. The summed E-state index contributed by atoms with van der Waals surface area (Å²) in [6.07, 6.45) is 3.11. The molecule has 2 heterocycles. The first-order valence-corrected chi connectivity index (χ1v) is 5.86. The van der Waals surface area contributed by atoms with E-state index in [9.17, 15) is 4.79 Å². The maximum Gasteiger partial charge on any atom is 0.215 e. The molecule has 0 saturated heterocycles. The van der Waals surface area contributed by atoms with Crippen molar-refractivity contribution < 1.29 is 4.79 Å². The molecule has 3 rings (SSSR count). The molecular weight excluding hydrogens is 238 g/mol. The van der Waals surface area contributed by atoms with E-state index in [1.807, 2.05) is 24.3 Å². The largest absolute Gasteiger partial charge is 0.397 e. The van der Waals surface area contributed by atoms with E-state index in [2.05, 4.69) is 9.97 Å². The summed E-state index contributed by atoms with van der Waals surface area (Å²) in [7, 11) is 0. The number of nitrogen functional groups attached to an aromatic ring is 1. The molecule has 0 saturated carbocycles. The molecule has 4 nitrogen and oxygen atoms in total. The Morgan fingerprint density at radius 2 is 1.89 bits per heavy atom. The summed E-state index contributed by atoms with van der Waals surface area (Å²) in [5.74, 6) is -0.212. The van der Waals surface area contributed by atoms with Gasteiger partial charge in [0.2, 0.25) is 5.78 Å². The zero-order valence-electron chi connectivity index (χ0n) is 10.1. The van der Waals surface area contributed by atoms with E-state index in [4.69, 9.17) is 5.73 Å². The van der Waals surface area contributed by atoms with Gasteiger partial charge < -0.3 is 5.73 Å². The molecule has 0 unspecified atom stereocenters. The second-order valence-electron chi connectivity index (χ2n) is 4.19. The maximum absolute atomic E-state index is 12.3. The third-order valence-corrected chi connectivity index (χ3v) is 2.91. The lowest BCUT2D eigenvalue weighted by molar-refractivity contribution is 0.103. The topological polar surface area (TPSA) is 68.9 Å². The van der Waals surface area contributed by atoms with Crippen molar-refractivity contribution in [2.75, 3.05) is 5.73 Å². The molecule has 0 aliphatic heterocycles. The van der Waals surface area contributed by atoms with Gasteiger partial charge in [0.25, 0.3) is 0 Å². The maximum atomic E-state index is 12.3. The molecule has 0 bridgehead atoms. The molecule has 3 aromatic rings. The average Bonchev–Trinajstić information content (AvgIpc) is 2.46. The number of para-hydroxylation sites is 1. The van der Waals surface area contributed by atoms with Crippen molar-refractivity contribution in [1.82, 2.24) is 9.97 Å². The second kappa shape index (κ2) is 4.49. The minimum absolute atomic E-state index is 0.212. The van der Waals surface area contributed by atoms with Gasteiger partial charge in [-0.15, -0.1) is 0 Å². The van der Waals surface area contributed by atoms with Crippen LogP contribution in [0.25, 0.3) is 10.9 Å². The molecule has 0 fully saturated rings. The van der Waals surface area contributed by atoms with Crippen molar-refractivity contribution in [2.45, 2.75) is 0 Å². The normalized spacial score (nSPS) is 10.5. The Bertz CT molecular complexity index is 768. The Balaban J connectivity index is 2.09. The van der Waals surface area contributed by atoms with E-state index in [1.54, 1.807) is 30.6 Å². The van der Waals surface area contributed by atoms with Crippen LogP contribution in [-0.4, -0.2) is 15.8 Å². The third kappa shape index (κ3) is 2.04. The van der Waals surface area contributed by atoms with Crippen molar-refractivity contribution in [2.24, 2.45) is 0 Å². The van der Waals surface area contributed by atoms with Crippen molar-refractivity contribution in [3.63, 3.8) is 0 Å². The number of ketones is 1. The molecule has 0 aliphatic carbocycles. The number of aromatic nitrogens is 2. The van der Waals surface area contributed by atoms with E-state index in [-0.39, 0.29) is 11.5 Å². The number of rotatable bonds is 2. The number of carbonyl (C=O) groups excluding carboxylic acids is 1. The fourth-order valence-corrected chi connectivity index (χ4v) is 1.94. The first-order chi connectivity index (χ1) is 9.25. The van der Waals surface area contributed by atoms with Crippen LogP contribution in [0.2, 0.25) is 0 Å². The van der Waals surface area contributed by atoms with Crippen LogP contribution in [-0.2, 0) is 0 Å². The third-order valence-electron chi connectivity index (χ3n) is 2.91. The Hall–Kier alpha value is -2.75. The summed E-state index contributed by atoms with van der Waals surface area (Å²) in [4.78, 5) is 20.6. The van der Waals surface area contributed by atoms with Gasteiger partial charge in [-0.3, -0.25) is 14.8 Å². The predicted octanol–water partition coefficient (Wildman–Crippen LogP) is 2.44. The van der Waals surface area contributed by atoms with E-state index >= 15 is 0 Å². The van der Waals surface area contributed by atoms with Crippen molar-refractivity contribution in [1.29, 1.82) is 0 Å². The van der Waals surface area contributed by atoms with Crippen LogP contribution in [0.4, 0.5) is 5.69 Å². The van der Waals surface area contributed by atoms with E-state index in [0.29, 0.717) is 11.3 Å². The molecule has 0 aliphatic rings. The lowest BCUT2D eigenvalue weighted by atomic mass is 10.1. The van der Waals surface area contributed by atoms with Gasteiger partial charge in [0.05, 0.1) is 11.2 Å². The summed E-state index contributed by atoms with van der Waals surface area (Å²) >= 11 is 0. The summed E-state index contributed by atoms with van der Waals surface area (Å²) in [5, 5.41) is 0.919. The molecule has 0 radical (unpaired) electrons. The summed E-state index contributed by atoms with van der Waals surface area (Å²) in [6.45, 7) is 0. The van der Waals surface area contributed by atoms with E-state index in [1.165, 1.54) is 0 Å². The number of nitrogens with zero attached hydrogens (tertiary/aromatic N) is 2. The molecule has 1 aromatic carbocycles. The molecule has 2 aromatic heterocycles. The molecular formula is C15H11N3O. The smallest absolute Gasteiger partial charge is 0.215 e. The number of anilines is 1. The van der Waals surface area contributed by atoms with Gasteiger partial charge in [0.1, 0.15) is 5.69 Å². The average molecular weight is 249 g/mol. The van der Waals surface area contributed by atoms with Gasteiger partial charge in [-0.25, -0.2) is 0 Å². The van der Waals surface area contributed by atoms with Gasteiger partial charge in [-0.2, -0.15) is 0 Å². The van der Waals surface area contributed by atoms with Crippen LogP contribution in [0.5, 0.6) is 0 Å². The van der Waals surface area contributed by atoms with Crippen LogP contribution < -0.4 is 5.73 Å². The Labute approximate surface area is 109 Å². The van der Waals surface area contributed by atoms with Crippen LogP contribution in [0.15, 0.2) is 54.9 Å². The molecule has 0 spiro atoms. The van der Waals surface area contributed by atoms with Crippen LogP contribution in [0.1, 0.15) is 16.1 Å². The first kappa shape index (κ1) is 11.3. The van der Waals surface area contributed by atoms with Crippen molar-refractivity contribution >= 4 is 22.4 Å². The highest BCUT2D eigenvalue weighted by Crippen LogP contribution is 2.17. The highest BCUT2D eigenvalue weighted by Gasteiger charge is 2.14. The predicted molar refractivity (Wildman–Crippen MR) is 73.8 cm³/mol. The molecule has 2 N–H and O–H groups in total. The molecule has 0 atom stereocenters. The standard InChI is InChI=1S/C15H11N3O/c16-12-5-3-7-17-14(12)15(19)11-8-10-4-1-2-6-13(10)18-9-11/h1-9H,16H2. The van der Waals surface area contributed by atoms with Gasteiger partial charge >= 0.3 is 0 Å². The monoisotopic (exact) mass is 249 g/mol. The van der Waals surface area contributed by atoms with Crippen LogP contribution >= 0.6 is 0 Å². The zero-order chi connectivity index (χ0) is 13.2. The molecule has 92 valence electrons. The Kier molecular flexibility index (Phi) is 2.68. The lowest BCUT2D eigenvalue weighted by Crippen LogP contribution is -2.08. The molecule has 0 amide bonds. The quantitative estimate of drug-likeness (QED) is 0.708. The van der Waals surface area contributed by atoms with Crippen molar-refractivity contribution in [3.8, 4) is 0 Å². The second-order valence-corrected chi connectivity index (χ2v) is 4.19. The number of benzene rings is 1. The Morgan fingerprint density at radius 1 is 1.05 bits per heavy atom. The van der Waals surface area contributed by atoms with Crippen LogP contribution in [0.3, 0.4) is 0 Å². The summed E-state index contributed by atoms with van der Waals surface area (Å²) < 4.78 is 0. The SMILES string of the molecule is Nc1cccnc1C(=O)c1cnc2ccccc2c1. The van der Waals surface area contributed by atoms with Gasteiger partial charge in [-0.1, -0.05) is 18.2 Å². The number of fused-ring (bicyclic) bond motifs is 1. The van der Waals surface area contributed by atoms with Crippen molar-refractivity contribution in [3.05, 3.63) is 66.1 Å². The number of nitrogens with two attached hydrogens (primary N) is 1. The van der Waals surface area contributed by atoms with Gasteiger partial charge in [0.15, 0.2) is 0 Å². The van der Waals surface area contributed by atoms with Gasteiger partial charge in [-0.05, 0) is 24.3 Å². The molecule has 4 heteroatoms. The van der Waals surface area contributed by atoms with Crippen LogP contribution in [0, 0.1) is 0 Å². The highest BCUT2D eigenvalue weighted by molar-refractivity contribution is 6.11. The van der Waals surface area contributed by atoms with E-state index in [0.717, 1.165) is 10.9 Å². The highest BCUT2D eigenvalue weighted by atomic mass is 16.1. The van der Waals surface area contributed by atoms with E-state index < -0.39 is 0 Å². The van der Waals surface area contributed by atoms with Gasteiger partial charge in [0, 0.05) is 23.3 Å². The zero-order valence-corrected chi connectivity index (χ0v) is 10.1. The lowest BCUT2D eigenvalue weighted by Gasteiger charge is -2.04. The number of hydrogen-bond donors (Lipinski definition) is 1.